The van der Waals surface area contributed by atoms with Gasteiger partial charge in [0.05, 0.1) is 5.69 Å². The summed E-state index contributed by atoms with van der Waals surface area (Å²) in [5.41, 5.74) is 5.06. The monoisotopic (exact) mass is 449 g/mol. The van der Waals surface area contributed by atoms with Crippen molar-refractivity contribution in [1.29, 1.82) is 0 Å². The number of hydrogen-bond donors (Lipinski definition) is 1. The average Bonchev–Trinajstić information content (AvgIpc) is 3.14. The summed E-state index contributed by atoms with van der Waals surface area (Å²) in [6.07, 6.45) is 3.51. The first kappa shape index (κ1) is 21.4. The van der Waals surface area contributed by atoms with Crippen LogP contribution < -0.4 is 10.2 Å². The molecule has 0 aliphatic carbocycles. The molecule has 0 atom stereocenters. The fourth-order valence-corrected chi connectivity index (χ4v) is 4.43. The lowest BCUT2D eigenvalue weighted by Gasteiger charge is -2.26. The van der Waals surface area contributed by atoms with E-state index in [1.807, 2.05) is 68.6 Å². The molecular formula is C28H23N3O3. The van der Waals surface area contributed by atoms with Gasteiger partial charge in [0.2, 0.25) is 0 Å². The lowest BCUT2D eigenvalue weighted by atomic mass is 10.0. The molecule has 168 valence electrons. The summed E-state index contributed by atoms with van der Waals surface area (Å²) < 4.78 is 2.09. The van der Waals surface area contributed by atoms with Gasteiger partial charge >= 0.3 is 6.03 Å². The third-order valence-electron chi connectivity index (χ3n) is 5.88. The van der Waals surface area contributed by atoms with Gasteiger partial charge in [-0.1, -0.05) is 54.6 Å². The molecule has 0 radical (unpaired) electrons. The first-order valence-electron chi connectivity index (χ1n) is 11.0. The normalized spacial score (nSPS) is 15.3. The third-order valence-corrected chi connectivity index (χ3v) is 5.88. The van der Waals surface area contributed by atoms with E-state index >= 15 is 0 Å². The molecule has 4 amide bonds. The summed E-state index contributed by atoms with van der Waals surface area (Å²) >= 11 is 0. The largest absolute Gasteiger partial charge is 0.342 e. The van der Waals surface area contributed by atoms with Crippen molar-refractivity contribution in [2.24, 2.45) is 0 Å². The Morgan fingerprint density at radius 1 is 0.853 bits per heavy atom. The number of barbiturate groups is 1. The highest BCUT2D eigenvalue weighted by Crippen LogP contribution is 2.28. The fourth-order valence-electron chi connectivity index (χ4n) is 4.43. The number of fused-ring (bicyclic) bond motifs is 1. The molecule has 6 heteroatoms. The predicted molar refractivity (Wildman–Crippen MR) is 132 cm³/mol. The van der Waals surface area contributed by atoms with Crippen LogP contribution in [0.25, 0.3) is 17.0 Å². The molecule has 34 heavy (non-hydrogen) atoms. The first-order valence-corrected chi connectivity index (χ1v) is 11.0. The quantitative estimate of drug-likeness (QED) is 0.353. The Hall–Kier alpha value is -4.45. The second-order valence-electron chi connectivity index (χ2n) is 8.52. The van der Waals surface area contributed by atoms with Gasteiger partial charge in [-0.3, -0.25) is 14.9 Å². The predicted octanol–water partition coefficient (Wildman–Crippen LogP) is 4.97. The lowest BCUT2D eigenvalue weighted by molar-refractivity contribution is -0.122. The minimum atomic E-state index is -0.747. The zero-order valence-electron chi connectivity index (χ0n) is 18.9. The summed E-state index contributed by atoms with van der Waals surface area (Å²) in [6, 6.07) is 22.6. The van der Waals surface area contributed by atoms with Crippen molar-refractivity contribution >= 4 is 40.5 Å². The van der Waals surface area contributed by atoms with Crippen LogP contribution in [0.15, 0.2) is 84.6 Å². The molecule has 0 bridgehead atoms. The molecule has 3 aromatic carbocycles. The van der Waals surface area contributed by atoms with Crippen molar-refractivity contribution in [1.82, 2.24) is 9.88 Å². The zero-order valence-corrected chi connectivity index (χ0v) is 18.9. The maximum atomic E-state index is 13.4. The smallest absolute Gasteiger partial charge is 0.335 e. The van der Waals surface area contributed by atoms with E-state index in [4.69, 9.17) is 0 Å². The SMILES string of the molecule is Cc1cc(C)cc(N2C(=O)NC(=O)/C(=C\c3cn(Cc4ccccc4)c4ccccc34)C2=O)c1. The van der Waals surface area contributed by atoms with Gasteiger partial charge in [0.25, 0.3) is 11.8 Å². The number of amides is 4. The Morgan fingerprint density at radius 2 is 1.53 bits per heavy atom. The molecule has 1 aliphatic heterocycles. The Kier molecular flexibility index (Phi) is 5.34. The Bertz CT molecular complexity index is 1460. The highest BCUT2D eigenvalue weighted by molar-refractivity contribution is 6.39. The van der Waals surface area contributed by atoms with Gasteiger partial charge in [0.15, 0.2) is 0 Å². The summed E-state index contributed by atoms with van der Waals surface area (Å²) in [5, 5.41) is 3.23. The van der Waals surface area contributed by atoms with E-state index in [1.54, 1.807) is 18.2 Å². The van der Waals surface area contributed by atoms with Gasteiger partial charge in [-0.15, -0.1) is 0 Å². The number of para-hydroxylation sites is 1. The molecule has 1 N–H and O–H groups in total. The summed E-state index contributed by atoms with van der Waals surface area (Å²) in [4.78, 5) is 39.7. The van der Waals surface area contributed by atoms with Crippen molar-refractivity contribution in [2.75, 3.05) is 4.90 Å². The number of imide groups is 2. The van der Waals surface area contributed by atoms with Crippen LogP contribution in [0, 0.1) is 13.8 Å². The van der Waals surface area contributed by atoms with Crippen LogP contribution in [0.5, 0.6) is 0 Å². The number of carbonyl (C=O) groups excluding carboxylic acids is 3. The number of nitrogens with zero attached hydrogens (tertiary/aromatic N) is 2. The minimum Gasteiger partial charge on any atom is -0.342 e. The third kappa shape index (κ3) is 3.90. The van der Waals surface area contributed by atoms with E-state index in [0.717, 1.165) is 38.1 Å². The molecule has 1 aromatic heterocycles. The van der Waals surface area contributed by atoms with E-state index < -0.39 is 17.8 Å². The van der Waals surface area contributed by atoms with E-state index in [0.29, 0.717) is 12.2 Å². The number of rotatable bonds is 4. The molecule has 0 saturated carbocycles. The highest BCUT2D eigenvalue weighted by Gasteiger charge is 2.37. The number of carbonyl (C=O) groups is 3. The van der Waals surface area contributed by atoms with Gasteiger partial charge in [-0.25, -0.2) is 9.69 Å². The Labute approximate surface area is 197 Å². The first-order chi connectivity index (χ1) is 16.4. The van der Waals surface area contributed by atoms with Crippen molar-refractivity contribution in [3.63, 3.8) is 0 Å². The van der Waals surface area contributed by atoms with E-state index in [1.165, 1.54) is 0 Å². The van der Waals surface area contributed by atoms with Crippen LogP contribution in [0.4, 0.5) is 10.5 Å². The average molecular weight is 450 g/mol. The van der Waals surface area contributed by atoms with Gasteiger partial charge in [0.1, 0.15) is 5.57 Å². The number of anilines is 1. The molecule has 0 spiro atoms. The zero-order chi connectivity index (χ0) is 23.8. The second-order valence-corrected chi connectivity index (χ2v) is 8.52. The van der Waals surface area contributed by atoms with Crippen molar-refractivity contribution in [2.45, 2.75) is 20.4 Å². The van der Waals surface area contributed by atoms with Crippen LogP contribution >= 0.6 is 0 Å². The molecule has 0 unspecified atom stereocenters. The standard InChI is InChI=1S/C28H23N3O3/c1-18-12-19(2)14-22(13-18)31-27(33)24(26(32)29-28(31)34)15-21-17-30(16-20-8-4-3-5-9-20)25-11-7-6-10-23(21)25/h3-15,17H,16H2,1-2H3,(H,29,32,34)/b24-15+. The molecule has 6 nitrogen and oxygen atoms in total. The maximum absolute atomic E-state index is 13.4. The molecule has 2 heterocycles. The molecule has 1 fully saturated rings. The van der Waals surface area contributed by atoms with Crippen molar-refractivity contribution < 1.29 is 14.4 Å². The van der Waals surface area contributed by atoms with Crippen LogP contribution in [0.1, 0.15) is 22.3 Å². The number of aromatic nitrogens is 1. The number of urea groups is 1. The number of hydrogen-bond acceptors (Lipinski definition) is 3. The van der Waals surface area contributed by atoms with Gasteiger partial charge in [0, 0.05) is 29.2 Å². The highest BCUT2D eigenvalue weighted by atomic mass is 16.2. The Balaban J connectivity index is 1.58. The van der Waals surface area contributed by atoms with Gasteiger partial charge < -0.3 is 4.57 Å². The summed E-state index contributed by atoms with van der Waals surface area (Å²) in [6.45, 7) is 4.44. The van der Waals surface area contributed by atoms with Crippen LogP contribution in [-0.2, 0) is 16.1 Å². The molecule has 1 saturated heterocycles. The van der Waals surface area contributed by atoms with Crippen LogP contribution in [-0.4, -0.2) is 22.4 Å². The second kappa shape index (κ2) is 8.48. The van der Waals surface area contributed by atoms with E-state index in [-0.39, 0.29) is 5.57 Å². The molecular weight excluding hydrogens is 426 g/mol. The van der Waals surface area contributed by atoms with Crippen LogP contribution in [0.2, 0.25) is 0 Å². The maximum Gasteiger partial charge on any atom is 0.335 e. The van der Waals surface area contributed by atoms with E-state index in [9.17, 15) is 14.4 Å². The number of nitrogens with one attached hydrogen (secondary N) is 1. The van der Waals surface area contributed by atoms with E-state index in [2.05, 4.69) is 22.0 Å². The van der Waals surface area contributed by atoms with Gasteiger partial charge in [-0.2, -0.15) is 0 Å². The van der Waals surface area contributed by atoms with Crippen molar-refractivity contribution in [3.8, 4) is 0 Å². The minimum absolute atomic E-state index is 0.0821. The number of benzene rings is 3. The van der Waals surface area contributed by atoms with Crippen molar-refractivity contribution in [3.05, 3.63) is 107 Å². The van der Waals surface area contributed by atoms with Gasteiger partial charge in [-0.05, 0) is 54.8 Å². The molecule has 4 aromatic rings. The summed E-state index contributed by atoms with van der Waals surface area (Å²) in [7, 11) is 0. The summed E-state index contributed by atoms with van der Waals surface area (Å²) in [5.74, 6) is -1.34. The fraction of sp³-hybridized carbons (Fsp3) is 0.107. The molecule has 1 aliphatic rings. The number of aryl methyl sites for hydroxylation is 2. The lowest BCUT2D eigenvalue weighted by Crippen LogP contribution is -2.54. The Morgan fingerprint density at radius 3 is 2.26 bits per heavy atom. The topological polar surface area (TPSA) is 71.4 Å². The van der Waals surface area contributed by atoms with Crippen LogP contribution in [0.3, 0.4) is 0 Å². The molecule has 5 rings (SSSR count).